The first kappa shape index (κ1) is 15.3. The van der Waals surface area contributed by atoms with Crippen molar-refractivity contribution in [1.82, 2.24) is 0 Å². The highest BCUT2D eigenvalue weighted by molar-refractivity contribution is 9.09. The minimum atomic E-state index is -0.162. The van der Waals surface area contributed by atoms with Gasteiger partial charge in [-0.25, -0.2) is 4.39 Å². The summed E-state index contributed by atoms with van der Waals surface area (Å²) in [6.45, 7) is 2.24. The van der Waals surface area contributed by atoms with E-state index in [0.29, 0.717) is 21.3 Å². The highest BCUT2D eigenvalue weighted by Gasteiger charge is 2.29. The lowest BCUT2D eigenvalue weighted by Gasteiger charge is -2.33. The van der Waals surface area contributed by atoms with Gasteiger partial charge in [-0.15, -0.1) is 0 Å². The summed E-state index contributed by atoms with van der Waals surface area (Å²) >= 11 is 9.91. The summed E-state index contributed by atoms with van der Waals surface area (Å²) in [5.74, 6) is 1.14. The molecule has 2 rings (SSSR count). The number of hydrogen-bond donors (Lipinski definition) is 0. The molecule has 0 nitrogen and oxygen atoms in total. The van der Waals surface area contributed by atoms with E-state index in [9.17, 15) is 4.39 Å². The lowest BCUT2D eigenvalue weighted by Crippen LogP contribution is -2.27. The molecule has 1 aromatic rings. The van der Waals surface area contributed by atoms with Crippen molar-refractivity contribution < 1.29 is 4.39 Å². The maximum Gasteiger partial charge on any atom is 0.127 e. The third-order valence-corrected chi connectivity index (χ3v) is 5.78. The Hall–Kier alpha value is -0.0800. The zero-order valence-electron chi connectivity index (χ0n) is 11.3. The standard InChI is InChI=1S/C16H21BrClF/c1-2-4-11-7-8-14(17)12(9-11)10-13-15(18)5-3-6-16(13)19/h3,5-6,11-12,14H,2,4,7-10H2,1H3. The molecule has 1 aliphatic rings. The fraction of sp³-hybridized carbons (Fsp3) is 0.625. The van der Waals surface area contributed by atoms with Gasteiger partial charge >= 0.3 is 0 Å². The molecule has 0 aromatic heterocycles. The van der Waals surface area contributed by atoms with Crippen molar-refractivity contribution in [3.8, 4) is 0 Å². The topological polar surface area (TPSA) is 0 Å². The Morgan fingerprint density at radius 3 is 2.84 bits per heavy atom. The summed E-state index contributed by atoms with van der Waals surface area (Å²) in [5.41, 5.74) is 0.691. The van der Waals surface area contributed by atoms with Gasteiger partial charge in [0.2, 0.25) is 0 Å². The molecule has 0 spiro atoms. The number of rotatable bonds is 4. The van der Waals surface area contributed by atoms with E-state index in [1.807, 2.05) is 0 Å². The largest absolute Gasteiger partial charge is 0.207 e. The van der Waals surface area contributed by atoms with E-state index >= 15 is 0 Å². The highest BCUT2D eigenvalue weighted by atomic mass is 79.9. The van der Waals surface area contributed by atoms with Crippen molar-refractivity contribution in [2.45, 2.75) is 50.3 Å². The Morgan fingerprint density at radius 1 is 1.37 bits per heavy atom. The van der Waals surface area contributed by atoms with Crippen molar-refractivity contribution in [3.63, 3.8) is 0 Å². The maximum absolute atomic E-state index is 13.9. The molecule has 0 N–H and O–H groups in total. The molecule has 0 amide bonds. The van der Waals surface area contributed by atoms with Gasteiger partial charge in [-0.05, 0) is 49.7 Å². The van der Waals surface area contributed by atoms with Crippen molar-refractivity contribution in [1.29, 1.82) is 0 Å². The summed E-state index contributed by atoms with van der Waals surface area (Å²) in [4.78, 5) is 0.497. The molecule has 19 heavy (non-hydrogen) atoms. The zero-order valence-corrected chi connectivity index (χ0v) is 13.7. The minimum absolute atomic E-state index is 0.162. The smallest absolute Gasteiger partial charge is 0.127 e. The molecule has 3 unspecified atom stereocenters. The fourth-order valence-corrected chi connectivity index (χ4v) is 4.10. The second kappa shape index (κ2) is 7.08. The Kier molecular flexibility index (Phi) is 5.70. The van der Waals surface area contributed by atoms with E-state index in [1.54, 1.807) is 12.1 Å². The van der Waals surface area contributed by atoms with Crippen molar-refractivity contribution in [2.75, 3.05) is 0 Å². The summed E-state index contributed by atoms with van der Waals surface area (Å²) in [5, 5.41) is 0.567. The van der Waals surface area contributed by atoms with E-state index in [1.165, 1.54) is 38.2 Å². The van der Waals surface area contributed by atoms with Crippen LogP contribution in [0.4, 0.5) is 4.39 Å². The Morgan fingerprint density at radius 2 is 2.16 bits per heavy atom. The molecular formula is C16H21BrClF. The van der Waals surface area contributed by atoms with Gasteiger partial charge < -0.3 is 0 Å². The quantitative estimate of drug-likeness (QED) is 0.586. The van der Waals surface area contributed by atoms with Gasteiger partial charge in [-0.2, -0.15) is 0 Å². The van der Waals surface area contributed by atoms with Crippen molar-refractivity contribution in [2.24, 2.45) is 11.8 Å². The van der Waals surface area contributed by atoms with Crippen LogP contribution in [-0.4, -0.2) is 4.83 Å². The first-order valence-electron chi connectivity index (χ1n) is 7.18. The molecule has 3 heteroatoms. The molecule has 1 fully saturated rings. The molecule has 3 atom stereocenters. The molecular weight excluding hydrogens is 327 g/mol. The summed E-state index contributed by atoms with van der Waals surface area (Å²) in [6, 6.07) is 4.97. The molecule has 1 saturated carbocycles. The van der Waals surface area contributed by atoms with Crippen LogP contribution >= 0.6 is 27.5 Å². The van der Waals surface area contributed by atoms with Crippen LogP contribution < -0.4 is 0 Å². The van der Waals surface area contributed by atoms with Gasteiger partial charge in [0.05, 0.1) is 0 Å². The van der Waals surface area contributed by atoms with Gasteiger partial charge in [0.25, 0.3) is 0 Å². The molecule has 0 aliphatic heterocycles. The Balaban J connectivity index is 2.08. The molecule has 1 aromatic carbocycles. The van der Waals surface area contributed by atoms with E-state index in [2.05, 4.69) is 22.9 Å². The zero-order chi connectivity index (χ0) is 13.8. The van der Waals surface area contributed by atoms with Crippen LogP contribution in [0, 0.1) is 17.7 Å². The third-order valence-electron chi connectivity index (χ3n) is 4.22. The van der Waals surface area contributed by atoms with Crippen LogP contribution in [0.25, 0.3) is 0 Å². The van der Waals surface area contributed by atoms with Gasteiger partial charge in [-0.3, -0.25) is 0 Å². The fourth-order valence-electron chi connectivity index (χ4n) is 3.20. The summed E-state index contributed by atoms with van der Waals surface area (Å²) < 4.78 is 13.9. The predicted octanol–water partition coefficient (Wildman–Crippen LogP) is 6.00. The van der Waals surface area contributed by atoms with Gasteiger partial charge in [-0.1, -0.05) is 53.4 Å². The maximum atomic E-state index is 13.9. The summed E-state index contributed by atoms with van der Waals surface area (Å²) in [7, 11) is 0. The lowest BCUT2D eigenvalue weighted by atomic mass is 9.77. The van der Waals surface area contributed by atoms with Crippen LogP contribution in [-0.2, 0) is 6.42 Å². The second-order valence-electron chi connectivity index (χ2n) is 5.65. The highest BCUT2D eigenvalue weighted by Crippen LogP contribution is 2.38. The van der Waals surface area contributed by atoms with E-state index in [0.717, 1.165) is 12.3 Å². The van der Waals surface area contributed by atoms with Crippen molar-refractivity contribution >= 4 is 27.5 Å². The first-order chi connectivity index (χ1) is 9.11. The van der Waals surface area contributed by atoms with Crippen LogP contribution in [0.5, 0.6) is 0 Å². The monoisotopic (exact) mass is 346 g/mol. The lowest BCUT2D eigenvalue weighted by molar-refractivity contribution is 0.262. The molecule has 0 saturated heterocycles. The van der Waals surface area contributed by atoms with Crippen molar-refractivity contribution in [3.05, 3.63) is 34.6 Å². The van der Waals surface area contributed by atoms with Gasteiger partial charge in [0, 0.05) is 15.4 Å². The van der Waals surface area contributed by atoms with E-state index in [-0.39, 0.29) is 5.82 Å². The average molecular weight is 348 g/mol. The normalized spacial score (nSPS) is 27.5. The molecule has 0 radical (unpaired) electrons. The van der Waals surface area contributed by atoms with Gasteiger partial charge in [0.15, 0.2) is 0 Å². The first-order valence-corrected chi connectivity index (χ1v) is 8.48. The molecule has 1 aliphatic carbocycles. The van der Waals surface area contributed by atoms with Crippen LogP contribution in [0.2, 0.25) is 5.02 Å². The Bertz CT molecular complexity index is 401. The molecule has 0 heterocycles. The molecule has 106 valence electrons. The second-order valence-corrected chi connectivity index (χ2v) is 7.23. The van der Waals surface area contributed by atoms with E-state index in [4.69, 9.17) is 11.6 Å². The van der Waals surface area contributed by atoms with Crippen LogP contribution in [0.1, 0.15) is 44.6 Å². The number of halogens is 3. The van der Waals surface area contributed by atoms with Gasteiger partial charge in [0.1, 0.15) is 5.82 Å². The Labute approximate surface area is 128 Å². The average Bonchev–Trinajstić information content (AvgIpc) is 2.38. The number of hydrogen-bond acceptors (Lipinski definition) is 0. The third kappa shape index (κ3) is 3.95. The number of alkyl halides is 1. The predicted molar refractivity (Wildman–Crippen MR) is 83.6 cm³/mol. The molecule has 0 bridgehead atoms. The van der Waals surface area contributed by atoms with Crippen LogP contribution in [0.15, 0.2) is 18.2 Å². The van der Waals surface area contributed by atoms with E-state index < -0.39 is 0 Å². The summed E-state index contributed by atoms with van der Waals surface area (Å²) in [6.07, 6.45) is 6.97. The SMILES string of the molecule is CCCC1CCC(Br)C(Cc2c(F)cccc2Cl)C1. The number of benzene rings is 1. The van der Waals surface area contributed by atoms with Crippen LogP contribution in [0.3, 0.4) is 0 Å². The minimum Gasteiger partial charge on any atom is -0.207 e.